The Kier molecular flexibility index (Phi) is 4.27. The standard InChI is InChI=1S/C19H22N2O2S/c1-12-11-20-19(24-12)18(13-6-7-13)21-17(22)10-14-8-9-23-16-5-3-2-4-15(14)16/h2-5,11,13-14,18H,6-10H2,1H3,(H,21,22)/t14-,18+/m1/s1. The molecule has 4 rings (SSSR count). The lowest BCUT2D eigenvalue weighted by atomic mass is 9.90. The van der Waals surface area contributed by atoms with E-state index in [-0.39, 0.29) is 17.9 Å². The maximum atomic E-state index is 12.7. The van der Waals surface area contributed by atoms with Gasteiger partial charge in [0.25, 0.3) is 0 Å². The van der Waals surface area contributed by atoms with Crippen molar-refractivity contribution < 1.29 is 9.53 Å². The van der Waals surface area contributed by atoms with E-state index in [1.165, 1.54) is 17.7 Å². The average Bonchev–Trinajstić information content (AvgIpc) is 3.34. The van der Waals surface area contributed by atoms with Gasteiger partial charge in [0, 0.05) is 17.5 Å². The number of nitrogens with zero attached hydrogens (tertiary/aromatic N) is 1. The SMILES string of the molecule is Cc1cnc([C@@H](NC(=O)C[C@H]2CCOc3ccccc32)C2CC2)s1. The first kappa shape index (κ1) is 15.6. The number of aromatic nitrogens is 1. The van der Waals surface area contributed by atoms with Gasteiger partial charge >= 0.3 is 0 Å². The van der Waals surface area contributed by atoms with Crippen molar-refractivity contribution in [3.63, 3.8) is 0 Å². The van der Waals surface area contributed by atoms with E-state index in [1.807, 2.05) is 24.4 Å². The molecule has 4 nitrogen and oxygen atoms in total. The summed E-state index contributed by atoms with van der Waals surface area (Å²) < 4.78 is 5.70. The van der Waals surface area contributed by atoms with Gasteiger partial charge in [-0.1, -0.05) is 18.2 Å². The molecule has 2 aliphatic rings. The molecule has 1 aliphatic heterocycles. The van der Waals surface area contributed by atoms with E-state index in [0.29, 0.717) is 18.9 Å². The van der Waals surface area contributed by atoms with Crippen LogP contribution in [0.25, 0.3) is 0 Å². The lowest BCUT2D eigenvalue weighted by molar-refractivity contribution is -0.122. The Balaban J connectivity index is 1.45. The van der Waals surface area contributed by atoms with Crippen LogP contribution in [0.5, 0.6) is 5.75 Å². The Morgan fingerprint density at radius 2 is 2.21 bits per heavy atom. The fourth-order valence-corrected chi connectivity index (χ4v) is 4.33. The second kappa shape index (κ2) is 6.55. The monoisotopic (exact) mass is 342 g/mol. The molecule has 1 fully saturated rings. The summed E-state index contributed by atoms with van der Waals surface area (Å²) in [6.45, 7) is 2.75. The van der Waals surface area contributed by atoms with Gasteiger partial charge in [-0.25, -0.2) is 4.98 Å². The van der Waals surface area contributed by atoms with Gasteiger partial charge in [0.05, 0.1) is 12.6 Å². The molecule has 1 aliphatic carbocycles. The van der Waals surface area contributed by atoms with Crippen LogP contribution in [-0.4, -0.2) is 17.5 Å². The van der Waals surface area contributed by atoms with Gasteiger partial charge in [0.1, 0.15) is 10.8 Å². The summed E-state index contributed by atoms with van der Waals surface area (Å²) in [4.78, 5) is 18.4. The molecule has 1 N–H and O–H groups in total. The summed E-state index contributed by atoms with van der Waals surface area (Å²) in [6.07, 6.45) is 5.69. The van der Waals surface area contributed by atoms with E-state index in [9.17, 15) is 4.79 Å². The van der Waals surface area contributed by atoms with Crippen LogP contribution >= 0.6 is 11.3 Å². The molecule has 0 radical (unpaired) electrons. The molecule has 1 aromatic carbocycles. The predicted octanol–water partition coefficient (Wildman–Crippen LogP) is 3.98. The second-order valence-corrected chi connectivity index (χ2v) is 8.03. The highest BCUT2D eigenvalue weighted by molar-refractivity contribution is 7.11. The highest BCUT2D eigenvalue weighted by Crippen LogP contribution is 2.42. The van der Waals surface area contributed by atoms with Gasteiger partial charge in [0.2, 0.25) is 5.91 Å². The van der Waals surface area contributed by atoms with E-state index >= 15 is 0 Å². The van der Waals surface area contributed by atoms with Crippen LogP contribution < -0.4 is 10.1 Å². The largest absolute Gasteiger partial charge is 0.493 e. The zero-order chi connectivity index (χ0) is 16.5. The van der Waals surface area contributed by atoms with Crippen LogP contribution in [0.15, 0.2) is 30.5 Å². The molecule has 0 unspecified atom stereocenters. The maximum Gasteiger partial charge on any atom is 0.221 e. The normalized spacial score (nSPS) is 20.8. The molecule has 0 spiro atoms. The Morgan fingerprint density at radius 3 is 2.96 bits per heavy atom. The summed E-state index contributed by atoms with van der Waals surface area (Å²) in [5.74, 6) is 1.85. The lowest BCUT2D eigenvalue weighted by Gasteiger charge is -2.26. The Labute approximate surface area is 146 Å². The summed E-state index contributed by atoms with van der Waals surface area (Å²) >= 11 is 1.69. The number of carbonyl (C=O) groups excluding carboxylic acids is 1. The Bertz CT molecular complexity index is 738. The minimum Gasteiger partial charge on any atom is -0.493 e. The molecule has 1 aromatic heterocycles. The number of rotatable bonds is 5. The third-order valence-corrected chi connectivity index (χ3v) is 5.83. The summed E-state index contributed by atoms with van der Waals surface area (Å²) in [5, 5.41) is 4.31. The van der Waals surface area contributed by atoms with Crippen molar-refractivity contribution >= 4 is 17.2 Å². The van der Waals surface area contributed by atoms with Gasteiger partial charge in [-0.05, 0) is 49.7 Å². The number of fused-ring (bicyclic) bond motifs is 1. The summed E-state index contributed by atoms with van der Waals surface area (Å²) in [7, 11) is 0. The van der Waals surface area contributed by atoms with E-state index in [1.54, 1.807) is 11.3 Å². The average molecular weight is 342 g/mol. The number of ether oxygens (including phenoxy) is 1. The first-order chi connectivity index (χ1) is 11.7. The second-order valence-electron chi connectivity index (χ2n) is 6.77. The van der Waals surface area contributed by atoms with Crippen molar-refractivity contribution in [2.24, 2.45) is 5.92 Å². The van der Waals surface area contributed by atoms with Gasteiger partial charge in [-0.2, -0.15) is 0 Å². The van der Waals surface area contributed by atoms with Gasteiger partial charge < -0.3 is 10.1 Å². The first-order valence-electron chi connectivity index (χ1n) is 8.64. The third-order valence-electron chi connectivity index (χ3n) is 4.83. The summed E-state index contributed by atoms with van der Waals surface area (Å²) in [6, 6.07) is 8.16. The molecule has 0 bridgehead atoms. The highest BCUT2D eigenvalue weighted by Gasteiger charge is 2.35. The fraction of sp³-hybridized carbons (Fsp3) is 0.474. The zero-order valence-electron chi connectivity index (χ0n) is 13.8. The third kappa shape index (κ3) is 3.31. The molecule has 24 heavy (non-hydrogen) atoms. The quantitative estimate of drug-likeness (QED) is 0.894. The van der Waals surface area contributed by atoms with Gasteiger partial charge in [-0.15, -0.1) is 11.3 Å². The number of hydrogen-bond acceptors (Lipinski definition) is 4. The van der Waals surface area contributed by atoms with Crippen LogP contribution in [0.1, 0.15) is 53.1 Å². The van der Waals surface area contributed by atoms with Gasteiger partial charge in [0.15, 0.2) is 0 Å². The Morgan fingerprint density at radius 1 is 1.38 bits per heavy atom. The number of amides is 1. The van der Waals surface area contributed by atoms with Crippen LogP contribution in [-0.2, 0) is 4.79 Å². The molecule has 2 heterocycles. The predicted molar refractivity (Wildman–Crippen MR) is 94.4 cm³/mol. The van der Waals surface area contributed by atoms with E-state index < -0.39 is 0 Å². The van der Waals surface area contributed by atoms with E-state index in [4.69, 9.17) is 4.74 Å². The van der Waals surface area contributed by atoms with Crippen molar-refractivity contribution in [2.75, 3.05) is 6.61 Å². The number of nitrogens with one attached hydrogen (secondary N) is 1. The van der Waals surface area contributed by atoms with Crippen molar-refractivity contribution in [1.82, 2.24) is 10.3 Å². The Hall–Kier alpha value is -1.88. The molecule has 2 aromatic rings. The van der Waals surface area contributed by atoms with Crippen molar-refractivity contribution in [3.8, 4) is 5.75 Å². The van der Waals surface area contributed by atoms with Crippen molar-refractivity contribution in [2.45, 2.75) is 44.6 Å². The smallest absolute Gasteiger partial charge is 0.221 e. The minimum atomic E-state index is 0.0892. The maximum absolute atomic E-state index is 12.7. The van der Waals surface area contributed by atoms with Crippen LogP contribution in [0, 0.1) is 12.8 Å². The molecule has 0 saturated heterocycles. The molecular formula is C19H22N2O2S. The lowest BCUT2D eigenvalue weighted by Crippen LogP contribution is -2.31. The topological polar surface area (TPSA) is 51.2 Å². The number of carbonyl (C=O) groups is 1. The fourth-order valence-electron chi connectivity index (χ4n) is 3.41. The molecule has 1 amide bonds. The molecular weight excluding hydrogens is 320 g/mol. The van der Waals surface area contributed by atoms with E-state index in [0.717, 1.165) is 22.7 Å². The van der Waals surface area contributed by atoms with Crippen LogP contribution in [0.2, 0.25) is 0 Å². The molecule has 2 atom stereocenters. The van der Waals surface area contributed by atoms with Crippen molar-refractivity contribution in [1.29, 1.82) is 0 Å². The number of benzene rings is 1. The molecule has 5 heteroatoms. The first-order valence-corrected chi connectivity index (χ1v) is 9.46. The highest BCUT2D eigenvalue weighted by atomic mass is 32.1. The zero-order valence-corrected chi connectivity index (χ0v) is 14.6. The number of para-hydroxylation sites is 1. The van der Waals surface area contributed by atoms with Crippen molar-refractivity contribution in [3.05, 3.63) is 45.9 Å². The molecule has 126 valence electrons. The number of thiazole rings is 1. The minimum absolute atomic E-state index is 0.0892. The van der Waals surface area contributed by atoms with Crippen LogP contribution in [0.3, 0.4) is 0 Å². The number of aryl methyl sites for hydroxylation is 1. The van der Waals surface area contributed by atoms with Crippen LogP contribution in [0.4, 0.5) is 0 Å². The van der Waals surface area contributed by atoms with E-state index in [2.05, 4.69) is 23.3 Å². The number of hydrogen-bond donors (Lipinski definition) is 1. The van der Waals surface area contributed by atoms with Gasteiger partial charge in [-0.3, -0.25) is 4.79 Å². The molecule has 1 saturated carbocycles. The summed E-state index contributed by atoms with van der Waals surface area (Å²) in [5.41, 5.74) is 1.16.